The molecule has 0 spiro atoms. The summed E-state index contributed by atoms with van der Waals surface area (Å²) in [6, 6.07) is 6.45. The summed E-state index contributed by atoms with van der Waals surface area (Å²) in [6.45, 7) is 4.62. The fourth-order valence-corrected chi connectivity index (χ4v) is 5.42. The van der Waals surface area contributed by atoms with Gasteiger partial charge >= 0.3 is 0 Å². The summed E-state index contributed by atoms with van der Waals surface area (Å²) in [5.41, 5.74) is 1.01. The van der Waals surface area contributed by atoms with E-state index in [1.165, 1.54) is 50.6 Å². The fourth-order valence-electron chi connectivity index (χ4n) is 5.42. The van der Waals surface area contributed by atoms with Gasteiger partial charge in [-0.15, -0.1) is 10.2 Å². The lowest BCUT2D eigenvalue weighted by atomic mass is 9.69. The number of benzene rings is 1. The number of phenolic OH excluding ortho intramolecular Hbond substituents is 1. The molecule has 0 aliphatic carbocycles. The molecule has 0 radical (unpaired) electrons. The van der Waals surface area contributed by atoms with Crippen LogP contribution in [0.5, 0.6) is 5.75 Å². The predicted molar refractivity (Wildman–Crippen MR) is 127 cm³/mol. The monoisotopic (exact) mass is 453 g/mol. The van der Waals surface area contributed by atoms with Gasteiger partial charge in [0.1, 0.15) is 11.6 Å². The summed E-state index contributed by atoms with van der Waals surface area (Å²) in [7, 11) is 3.54. The molecule has 3 atom stereocenters. The molecule has 33 heavy (non-hydrogen) atoms. The van der Waals surface area contributed by atoms with Crippen LogP contribution in [0.1, 0.15) is 51.5 Å². The van der Waals surface area contributed by atoms with Crippen molar-refractivity contribution in [3.63, 3.8) is 0 Å². The Morgan fingerprint density at radius 3 is 2.55 bits per heavy atom. The van der Waals surface area contributed by atoms with Crippen molar-refractivity contribution in [3.8, 4) is 17.0 Å². The molecule has 0 unspecified atom stereocenters. The number of phenols is 1. The number of amides is 1. The maximum absolute atomic E-state index is 14.5. The molecule has 8 heteroatoms. The van der Waals surface area contributed by atoms with E-state index in [0.717, 1.165) is 18.7 Å². The van der Waals surface area contributed by atoms with Gasteiger partial charge in [-0.2, -0.15) is 0 Å². The molecule has 1 amide bonds. The van der Waals surface area contributed by atoms with Gasteiger partial charge in [0.05, 0.1) is 5.69 Å². The third kappa shape index (κ3) is 4.85. The highest BCUT2D eigenvalue weighted by Crippen LogP contribution is 2.42. The first-order valence-electron chi connectivity index (χ1n) is 11.4. The van der Waals surface area contributed by atoms with Crippen LogP contribution in [0.3, 0.4) is 0 Å². The number of likely N-dealkylation sites (N-methyl/N-ethyl adjacent to an activating group) is 1. The third-order valence-corrected chi connectivity index (χ3v) is 7.04. The number of nitrogens with zero attached hydrogens (tertiary/aromatic N) is 3. The molecule has 0 saturated carbocycles. The average Bonchev–Trinajstić information content (AvgIpc) is 2.77. The van der Waals surface area contributed by atoms with Crippen LogP contribution in [-0.2, 0) is 4.79 Å². The van der Waals surface area contributed by atoms with Crippen molar-refractivity contribution in [2.75, 3.05) is 19.0 Å². The molecule has 2 saturated heterocycles. The van der Waals surface area contributed by atoms with Gasteiger partial charge in [-0.25, -0.2) is 4.39 Å². The summed E-state index contributed by atoms with van der Waals surface area (Å²) in [5, 5.41) is 25.4. The molecule has 2 aliphatic rings. The maximum Gasteiger partial charge on any atom is 0.243 e. The van der Waals surface area contributed by atoms with E-state index in [1.807, 2.05) is 13.1 Å². The van der Waals surface area contributed by atoms with Crippen molar-refractivity contribution in [2.24, 2.45) is 0 Å². The number of piperidine rings is 2. The van der Waals surface area contributed by atoms with Gasteiger partial charge in [0.15, 0.2) is 5.82 Å². The van der Waals surface area contributed by atoms with E-state index in [1.54, 1.807) is 6.07 Å². The molecular formula is C25H32FN5O2. The Bertz CT molecular complexity index is 1060. The van der Waals surface area contributed by atoms with Gasteiger partial charge in [-0.1, -0.05) is 0 Å². The average molecular weight is 454 g/mol. The summed E-state index contributed by atoms with van der Waals surface area (Å²) < 4.78 is 14.5. The number of aromatic hydroxyl groups is 1. The Morgan fingerprint density at radius 2 is 1.94 bits per heavy atom. The van der Waals surface area contributed by atoms with Crippen LogP contribution in [0.2, 0.25) is 0 Å². The van der Waals surface area contributed by atoms with E-state index in [2.05, 4.69) is 39.6 Å². The number of anilines is 1. The first kappa shape index (κ1) is 23.2. The molecular weight excluding hydrogens is 421 g/mol. The van der Waals surface area contributed by atoms with Gasteiger partial charge < -0.3 is 20.6 Å². The minimum atomic E-state index is -0.561. The summed E-state index contributed by atoms with van der Waals surface area (Å²) in [6.07, 6.45) is 8.21. The lowest BCUT2D eigenvalue weighted by Crippen LogP contribution is -2.66. The number of rotatable bonds is 5. The summed E-state index contributed by atoms with van der Waals surface area (Å²) in [4.78, 5) is 13.5. The predicted octanol–water partition coefficient (Wildman–Crippen LogP) is 3.64. The number of fused-ring (bicyclic) bond motifs is 2. The second-order valence-electron chi connectivity index (χ2n) is 9.89. The highest BCUT2D eigenvalue weighted by atomic mass is 19.1. The normalized spacial score (nSPS) is 26.9. The van der Waals surface area contributed by atoms with E-state index in [4.69, 9.17) is 0 Å². The Kier molecular flexibility index (Phi) is 6.14. The Hall–Kier alpha value is -3.00. The number of hydrogen-bond acceptors (Lipinski definition) is 6. The molecule has 7 nitrogen and oxygen atoms in total. The van der Waals surface area contributed by atoms with Crippen molar-refractivity contribution in [3.05, 3.63) is 41.7 Å². The lowest BCUT2D eigenvalue weighted by Gasteiger charge is -2.55. The Morgan fingerprint density at radius 1 is 1.24 bits per heavy atom. The molecule has 2 aromatic rings. The number of halogens is 1. The van der Waals surface area contributed by atoms with E-state index < -0.39 is 5.82 Å². The smallest absolute Gasteiger partial charge is 0.243 e. The van der Waals surface area contributed by atoms with Crippen LogP contribution in [0.25, 0.3) is 17.3 Å². The first-order chi connectivity index (χ1) is 15.6. The molecule has 3 heterocycles. The van der Waals surface area contributed by atoms with Crippen molar-refractivity contribution < 1.29 is 14.3 Å². The van der Waals surface area contributed by atoms with Crippen LogP contribution in [-0.4, -0.2) is 52.4 Å². The number of carbonyl (C=O) groups excluding carboxylic acids is 1. The van der Waals surface area contributed by atoms with Crippen molar-refractivity contribution in [1.29, 1.82) is 0 Å². The number of hydrogen-bond donors (Lipinski definition) is 3. The second-order valence-corrected chi connectivity index (χ2v) is 9.89. The quantitative estimate of drug-likeness (QED) is 0.599. The largest absolute Gasteiger partial charge is 0.507 e. The van der Waals surface area contributed by atoms with E-state index in [0.29, 0.717) is 11.7 Å². The molecule has 176 valence electrons. The lowest BCUT2D eigenvalue weighted by molar-refractivity contribution is -0.115. The minimum absolute atomic E-state index is 0.114. The van der Waals surface area contributed by atoms with Crippen LogP contribution in [0.15, 0.2) is 30.3 Å². The van der Waals surface area contributed by atoms with Crippen molar-refractivity contribution in [2.45, 2.75) is 63.1 Å². The van der Waals surface area contributed by atoms with Gasteiger partial charge in [-0.05, 0) is 76.3 Å². The Labute approximate surface area is 194 Å². The summed E-state index contributed by atoms with van der Waals surface area (Å²) in [5.74, 6) is -0.297. The minimum Gasteiger partial charge on any atom is -0.507 e. The standard InChI is InChI=1S/C25H32FN5O2/c1-24-10-5-11-25(2,30-24)15-17(14-24)31(4)22-8-7-20(28-29-22)18-13-19(26)16(12-21(18)32)6-9-23(33)27-3/h6-9,12-13,17,30,32H,5,10-11,14-15H2,1-4H3,(H,27,33)/b9-6+/t17-,24+,25-. The van der Waals surface area contributed by atoms with Gasteiger partial charge in [-0.3, -0.25) is 4.79 Å². The zero-order valence-electron chi connectivity index (χ0n) is 19.7. The molecule has 1 aromatic heterocycles. The van der Waals surface area contributed by atoms with Gasteiger partial charge in [0.2, 0.25) is 5.91 Å². The van der Waals surface area contributed by atoms with Crippen LogP contribution in [0, 0.1) is 5.82 Å². The maximum atomic E-state index is 14.5. The number of aromatic nitrogens is 2. The van der Waals surface area contributed by atoms with E-state index in [-0.39, 0.29) is 33.9 Å². The van der Waals surface area contributed by atoms with Gasteiger partial charge in [0.25, 0.3) is 0 Å². The van der Waals surface area contributed by atoms with Gasteiger partial charge in [0, 0.05) is 48.4 Å². The molecule has 2 bridgehead atoms. The molecule has 1 aromatic carbocycles. The topological polar surface area (TPSA) is 90.4 Å². The zero-order chi connectivity index (χ0) is 23.8. The fraction of sp³-hybridized carbons (Fsp3) is 0.480. The first-order valence-corrected chi connectivity index (χ1v) is 11.4. The van der Waals surface area contributed by atoms with Crippen LogP contribution >= 0.6 is 0 Å². The van der Waals surface area contributed by atoms with Crippen LogP contribution in [0.4, 0.5) is 10.2 Å². The van der Waals surface area contributed by atoms with E-state index in [9.17, 15) is 14.3 Å². The summed E-state index contributed by atoms with van der Waals surface area (Å²) >= 11 is 0. The van der Waals surface area contributed by atoms with Crippen LogP contribution < -0.4 is 15.5 Å². The van der Waals surface area contributed by atoms with Crippen molar-refractivity contribution in [1.82, 2.24) is 20.8 Å². The molecule has 4 rings (SSSR count). The SMILES string of the molecule is CNC(=O)/C=C/c1cc(O)c(-c2ccc(N(C)[C@@H]3C[C@]4(C)CCC[C@](C)(C3)N4)nn2)cc1F. The van der Waals surface area contributed by atoms with Crippen molar-refractivity contribution >= 4 is 17.8 Å². The second kappa shape index (κ2) is 8.74. The molecule has 3 N–H and O–H groups in total. The number of nitrogens with one attached hydrogen (secondary N) is 2. The molecule has 2 aliphatic heterocycles. The highest BCUT2D eigenvalue weighted by Gasteiger charge is 2.46. The number of carbonyl (C=O) groups is 1. The third-order valence-electron chi connectivity index (χ3n) is 7.04. The zero-order valence-corrected chi connectivity index (χ0v) is 19.7. The Balaban J connectivity index is 1.53. The molecule has 2 fully saturated rings. The van der Waals surface area contributed by atoms with E-state index >= 15 is 0 Å². The highest BCUT2D eigenvalue weighted by molar-refractivity contribution is 5.91.